The summed E-state index contributed by atoms with van der Waals surface area (Å²) in [6, 6.07) is 25.2. The number of rotatable bonds is 5. The van der Waals surface area contributed by atoms with Crippen molar-refractivity contribution in [3.05, 3.63) is 107 Å². The molecule has 0 aliphatic carbocycles. The van der Waals surface area contributed by atoms with Crippen LogP contribution < -0.4 is 5.19 Å². The Balaban J connectivity index is 0.000000201. The smallest absolute Gasteiger partial charge is 0.121 e. The van der Waals surface area contributed by atoms with Crippen LogP contribution in [0.2, 0.25) is 19.6 Å². The van der Waals surface area contributed by atoms with Crippen LogP contribution in [-0.4, -0.2) is 27.6 Å². The van der Waals surface area contributed by atoms with Crippen LogP contribution in [0, 0.1) is 45.7 Å². The Bertz CT molecular complexity index is 2440. The van der Waals surface area contributed by atoms with E-state index in [4.69, 9.17) is 16.3 Å². The maximum atomic E-state index is 8.59. The van der Waals surface area contributed by atoms with Gasteiger partial charge in [0.1, 0.15) is 5.58 Å². The molecule has 249 valence electrons. The van der Waals surface area contributed by atoms with E-state index in [1.54, 1.807) is 18.3 Å². The molecule has 0 saturated carbocycles. The van der Waals surface area contributed by atoms with E-state index in [1.165, 1.54) is 11.6 Å². The number of fused-ring (bicyclic) bond motifs is 4. The Morgan fingerprint density at radius 1 is 0.958 bits per heavy atom. The SMILES string of the molecule is Cc1ccc2c(c1)oc1c(-c3nc4c(C)nc(C)cc4n3C)[c-]ccc12.[2H]C([2H])([2H])c1c[c-]c(-c2cc(C([2H])([2H])C(C)C)c([Si](C)(C)C)cn2)cc1.[Ir]. The average Bonchev–Trinajstić information content (AvgIpc) is 3.61. The van der Waals surface area contributed by atoms with Crippen molar-refractivity contribution >= 4 is 46.2 Å². The van der Waals surface area contributed by atoms with Gasteiger partial charge >= 0.3 is 0 Å². The van der Waals surface area contributed by atoms with E-state index in [9.17, 15) is 0 Å². The van der Waals surface area contributed by atoms with Crippen molar-refractivity contribution < 1.29 is 31.4 Å². The predicted molar refractivity (Wildman–Crippen MR) is 199 cm³/mol. The maximum Gasteiger partial charge on any atom is 0.121 e. The monoisotopic (exact) mass is 834 g/mol. The molecule has 0 bridgehead atoms. The van der Waals surface area contributed by atoms with E-state index >= 15 is 0 Å². The summed E-state index contributed by atoms with van der Waals surface area (Å²) in [5, 5.41) is 3.22. The van der Waals surface area contributed by atoms with Crippen molar-refractivity contribution in [1.29, 1.82) is 0 Å². The van der Waals surface area contributed by atoms with Gasteiger partial charge in [-0.2, -0.15) is 0 Å². The first-order valence-electron chi connectivity index (χ1n) is 18.5. The van der Waals surface area contributed by atoms with Crippen LogP contribution in [0.15, 0.2) is 71.3 Å². The summed E-state index contributed by atoms with van der Waals surface area (Å²) in [7, 11) is 0.252. The van der Waals surface area contributed by atoms with E-state index in [0.29, 0.717) is 16.8 Å². The summed E-state index contributed by atoms with van der Waals surface area (Å²) in [6.45, 7) is 14.2. The van der Waals surface area contributed by atoms with Crippen molar-refractivity contribution in [3.8, 4) is 22.6 Å². The number of aromatic nitrogens is 4. The average molecular weight is 834 g/mol. The molecule has 0 aliphatic heterocycles. The Morgan fingerprint density at radius 3 is 2.42 bits per heavy atom. The fraction of sp³-hybridized carbons (Fsp3) is 0.293. The van der Waals surface area contributed by atoms with Gasteiger partial charge in [0.2, 0.25) is 0 Å². The number of pyridine rings is 2. The van der Waals surface area contributed by atoms with Gasteiger partial charge in [0.15, 0.2) is 0 Å². The van der Waals surface area contributed by atoms with Crippen LogP contribution in [0.3, 0.4) is 0 Å². The summed E-state index contributed by atoms with van der Waals surface area (Å²) in [5.74, 6) is 0.673. The third-order valence-electron chi connectivity index (χ3n) is 8.23. The number of hydrogen-bond donors (Lipinski definition) is 0. The van der Waals surface area contributed by atoms with Gasteiger partial charge in [-0.15, -0.1) is 53.6 Å². The van der Waals surface area contributed by atoms with Gasteiger partial charge in [-0.1, -0.05) is 75.1 Å². The topological polar surface area (TPSA) is 56.7 Å². The Hall–Kier alpha value is -3.90. The van der Waals surface area contributed by atoms with Crippen LogP contribution in [0.1, 0.15) is 48.8 Å². The van der Waals surface area contributed by atoms with Crippen LogP contribution in [0.5, 0.6) is 0 Å². The molecule has 7 rings (SSSR count). The molecule has 7 aromatic rings. The minimum atomic E-state index is -2.16. The molecule has 0 atom stereocenters. The van der Waals surface area contributed by atoms with E-state index in [2.05, 4.69) is 83.6 Å². The van der Waals surface area contributed by atoms with Crippen molar-refractivity contribution in [2.75, 3.05) is 0 Å². The zero-order valence-electron chi connectivity index (χ0n) is 34.0. The van der Waals surface area contributed by atoms with E-state index in [1.807, 2.05) is 46.9 Å². The molecule has 0 fully saturated rings. The second-order valence-corrected chi connectivity index (χ2v) is 18.6. The first-order chi connectivity index (χ1) is 24.3. The number of imidazole rings is 1. The number of aryl methyl sites for hydroxylation is 5. The molecule has 4 aromatic heterocycles. The minimum absolute atomic E-state index is 0. The quantitative estimate of drug-likeness (QED) is 0.128. The molecule has 4 heterocycles. The van der Waals surface area contributed by atoms with Crippen molar-refractivity contribution in [2.24, 2.45) is 13.0 Å². The molecule has 5 nitrogen and oxygen atoms in total. The van der Waals surface area contributed by atoms with Crippen molar-refractivity contribution in [1.82, 2.24) is 19.5 Å². The molecule has 0 amide bonds. The van der Waals surface area contributed by atoms with Gasteiger partial charge < -0.3 is 14.0 Å². The van der Waals surface area contributed by atoms with Gasteiger partial charge in [0.25, 0.3) is 0 Å². The molecule has 0 N–H and O–H groups in total. The molecule has 48 heavy (non-hydrogen) atoms. The number of nitrogens with zero attached hydrogens (tertiary/aromatic N) is 4. The summed E-state index contributed by atoms with van der Waals surface area (Å²) in [5.41, 5.74) is 9.91. The molecule has 0 aliphatic rings. The summed E-state index contributed by atoms with van der Waals surface area (Å²) in [4.78, 5) is 14.0. The third kappa shape index (κ3) is 7.10. The van der Waals surface area contributed by atoms with Crippen LogP contribution >= 0.6 is 0 Å². The van der Waals surface area contributed by atoms with Gasteiger partial charge in [-0.3, -0.25) is 9.97 Å². The first kappa shape index (κ1) is 29.1. The maximum absolute atomic E-state index is 8.59. The first-order valence-corrected chi connectivity index (χ1v) is 19.5. The van der Waals surface area contributed by atoms with E-state index in [0.717, 1.165) is 60.9 Å². The second kappa shape index (κ2) is 13.9. The fourth-order valence-electron chi connectivity index (χ4n) is 5.94. The minimum Gasteiger partial charge on any atom is -0.501 e. The van der Waals surface area contributed by atoms with Gasteiger partial charge in [0.05, 0.1) is 36.2 Å². The molecule has 0 spiro atoms. The predicted octanol–water partition coefficient (Wildman–Crippen LogP) is 9.86. The van der Waals surface area contributed by atoms with Crippen molar-refractivity contribution in [3.63, 3.8) is 0 Å². The normalized spacial score (nSPS) is 13.8. The molecule has 7 heteroatoms. The summed E-state index contributed by atoms with van der Waals surface area (Å²) in [6.07, 6.45) is 0.328. The second-order valence-electron chi connectivity index (χ2n) is 13.6. The van der Waals surface area contributed by atoms with Crippen LogP contribution in [0.4, 0.5) is 0 Å². The third-order valence-corrected chi connectivity index (χ3v) is 10.2. The molecular formula is C41H44IrN4OSi-2. The Kier molecular flexibility index (Phi) is 8.42. The molecular weight excluding hydrogens is 785 g/mol. The number of hydrogen-bond acceptors (Lipinski definition) is 4. The molecule has 0 unspecified atom stereocenters. The van der Waals surface area contributed by atoms with Crippen LogP contribution in [-0.2, 0) is 33.5 Å². The van der Waals surface area contributed by atoms with Crippen LogP contribution in [0.25, 0.3) is 55.6 Å². The zero-order chi connectivity index (χ0) is 37.9. The Labute approximate surface area is 306 Å². The zero-order valence-corrected chi connectivity index (χ0v) is 32.4. The Morgan fingerprint density at radius 2 is 1.73 bits per heavy atom. The largest absolute Gasteiger partial charge is 0.501 e. The molecule has 3 aromatic carbocycles. The number of furan rings is 1. The fourth-order valence-corrected chi connectivity index (χ4v) is 7.35. The van der Waals surface area contributed by atoms with Gasteiger partial charge in [-0.05, 0) is 61.6 Å². The number of benzene rings is 3. The summed E-state index contributed by atoms with van der Waals surface area (Å²) >= 11 is 0. The van der Waals surface area contributed by atoms with Gasteiger partial charge in [0, 0.05) is 51.3 Å². The van der Waals surface area contributed by atoms with E-state index in [-0.39, 0.29) is 31.6 Å². The summed E-state index contributed by atoms with van der Waals surface area (Å²) < 4.78 is 47.9. The van der Waals surface area contributed by atoms with Gasteiger partial charge in [-0.25, -0.2) is 0 Å². The standard InChI is InChI=1S/C22H18N3O.C19H26NSi.Ir/c1-12-8-9-15-16-6-5-7-17(21(16)26-19(15)10-12)22-24-20-14(3)23-13(2)11-18(20)25(22)4;1-14(2)11-17-12-18(16-9-7-15(3)8-10-16)20-13-19(17)21(4,5)6;/h5-6,8-11H,1-4H3;7-9,12-14H,11H2,1-6H3;/q2*-1;/i;3D3,11D2;. The van der Waals surface area contributed by atoms with E-state index < -0.39 is 21.3 Å². The molecule has 1 radical (unpaired) electrons. The molecule has 0 saturated heterocycles. The van der Waals surface area contributed by atoms with Crippen molar-refractivity contribution in [2.45, 2.75) is 67.5 Å².